The number of aliphatic imine (C=N–C) groups is 2. The van der Waals surface area contributed by atoms with Gasteiger partial charge in [0, 0.05) is 12.8 Å². The molecule has 0 aliphatic heterocycles. The first-order valence-electron chi connectivity index (χ1n) is 5.55. The fraction of sp³-hybridized carbons (Fsp3) is 0.636. The maximum Gasteiger partial charge on any atom is 0.214 e. The minimum atomic E-state index is -3.73. The molecule has 0 heterocycles. The first kappa shape index (κ1) is 16.9. The van der Waals surface area contributed by atoms with Crippen LogP contribution in [0.5, 0.6) is 0 Å². The highest BCUT2D eigenvalue weighted by molar-refractivity contribution is 7.89. The van der Waals surface area contributed by atoms with E-state index in [1.165, 1.54) is 6.92 Å². The summed E-state index contributed by atoms with van der Waals surface area (Å²) in [4.78, 5) is 7.80. The fourth-order valence-corrected chi connectivity index (χ4v) is 1.72. The van der Waals surface area contributed by atoms with E-state index < -0.39 is 21.4 Å². The Morgan fingerprint density at radius 1 is 1.50 bits per heavy atom. The lowest BCUT2D eigenvalue weighted by molar-refractivity contribution is 0.108. The van der Waals surface area contributed by atoms with Gasteiger partial charge in [0.1, 0.15) is 11.4 Å². The van der Waals surface area contributed by atoms with Gasteiger partial charge < -0.3 is 4.74 Å². The second kappa shape index (κ2) is 7.40. The number of ether oxygens (including phenoxy) is 1. The van der Waals surface area contributed by atoms with Crippen LogP contribution in [-0.4, -0.2) is 38.9 Å². The summed E-state index contributed by atoms with van der Waals surface area (Å²) in [6.07, 6.45) is 0.754. The van der Waals surface area contributed by atoms with Crippen molar-refractivity contribution in [1.82, 2.24) is 0 Å². The summed E-state index contributed by atoms with van der Waals surface area (Å²) in [5, 5.41) is 4.18. The van der Waals surface area contributed by atoms with Gasteiger partial charge in [0.2, 0.25) is 10.0 Å². The minimum absolute atomic E-state index is 0.208. The van der Waals surface area contributed by atoms with E-state index in [9.17, 15) is 8.42 Å². The van der Waals surface area contributed by atoms with Crippen LogP contribution in [0.15, 0.2) is 21.8 Å². The van der Waals surface area contributed by atoms with Crippen LogP contribution in [0.2, 0.25) is 0 Å². The highest BCUT2D eigenvalue weighted by Gasteiger charge is 2.31. The van der Waals surface area contributed by atoms with Crippen LogP contribution in [0.3, 0.4) is 0 Å². The quantitative estimate of drug-likeness (QED) is 0.580. The fourth-order valence-electron chi connectivity index (χ4n) is 1.17. The number of hydrogen-bond acceptors (Lipinski definition) is 4. The molecule has 18 heavy (non-hydrogen) atoms. The number of nitrogens with two attached hydrogens (primary N) is 1. The van der Waals surface area contributed by atoms with E-state index in [0.717, 1.165) is 5.57 Å². The zero-order valence-electron chi connectivity index (χ0n) is 11.3. The molecule has 0 aromatic rings. The zero-order chi connectivity index (χ0) is 14.3. The number of amidine groups is 1. The second-order valence-electron chi connectivity index (χ2n) is 4.02. The number of allylic oxidation sites excluding steroid dienone is 1. The van der Waals surface area contributed by atoms with E-state index in [4.69, 9.17) is 9.88 Å². The van der Waals surface area contributed by atoms with Crippen molar-refractivity contribution in [2.24, 2.45) is 15.1 Å². The Bertz CT molecular complexity index is 436. The van der Waals surface area contributed by atoms with E-state index in [1.54, 1.807) is 13.1 Å². The summed E-state index contributed by atoms with van der Waals surface area (Å²) in [5.41, 5.74) is 0.953. The molecule has 0 bridgehead atoms. The predicted molar refractivity (Wildman–Crippen MR) is 74.4 cm³/mol. The monoisotopic (exact) mass is 275 g/mol. The number of sulfonamides is 1. The van der Waals surface area contributed by atoms with Gasteiger partial charge in [-0.3, -0.25) is 0 Å². The van der Waals surface area contributed by atoms with Gasteiger partial charge in [-0.05, 0) is 34.4 Å². The van der Waals surface area contributed by atoms with Gasteiger partial charge >= 0.3 is 0 Å². The molecule has 0 aromatic carbocycles. The van der Waals surface area contributed by atoms with Crippen LogP contribution in [0, 0.1) is 0 Å². The van der Waals surface area contributed by atoms with Gasteiger partial charge in [0.05, 0.1) is 0 Å². The number of hydrogen-bond donors (Lipinski definition) is 1. The molecule has 0 aromatic heterocycles. The first-order valence-corrected chi connectivity index (χ1v) is 7.16. The third-order valence-corrected chi connectivity index (χ3v) is 3.45. The van der Waals surface area contributed by atoms with Crippen molar-refractivity contribution in [3.8, 4) is 0 Å². The lowest BCUT2D eigenvalue weighted by atomic mass is 10.2. The van der Waals surface area contributed by atoms with Crippen molar-refractivity contribution >= 4 is 22.6 Å². The molecule has 2 atom stereocenters. The summed E-state index contributed by atoms with van der Waals surface area (Å²) in [7, 11) is -3.73. The van der Waals surface area contributed by atoms with Gasteiger partial charge in [-0.2, -0.15) is 0 Å². The highest BCUT2D eigenvalue weighted by Crippen LogP contribution is 2.11. The molecule has 0 unspecified atom stereocenters. The predicted octanol–water partition coefficient (Wildman–Crippen LogP) is 1.09. The van der Waals surface area contributed by atoms with E-state index in [-0.39, 0.29) is 5.84 Å². The van der Waals surface area contributed by atoms with Gasteiger partial charge in [0.25, 0.3) is 0 Å². The Morgan fingerprint density at radius 3 is 2.39 bits per heavy atom. The Labute approximate surface area is 109 Å². The van der Waals surface area contributed by atoms with Crippen molar-refractivity contribution < 1.29 is 13.2 Å². The van der Waals surface area contributed by atoms with Gasteiger partial charge in [-0.1, -0.05) is 5.57 Å². The van der Waals surface area contributed by atoms with E-state index in [0.29, 0.717) is 6.61 Å². The van der Waals surface area contributed by atoms with Crippen LogP contribution in [0.1, 0.15) is 27.7 Å². The molecular formula is C11H21N3O3S. The average Bonchev–Trinajstić information content (AvgIpc) is 2.25. The zero-order valence-corrected chi connectivity index (χ0v) is 12.1. The molecule has 0 saturated carbocycles. The van der Waals surface area contributed by atoms with E-state index in [2.05, 4.69) is 16.7 Å². The van der Waals surface area contributed by atoms with Gasteiger partial charge in [-0.15, -0.1) is 0 Å². The van der Waals surface area contributed by atoms with Crippen molar-refractivity contribution in [3.05, 3.63) is 11.8 Å². The normalized spacial score (nSPS) is 15.9. The Balaban J connectivity index is 5.38. The molecule has 0 amide bonds. The van der Waals surface area contributed by atoms with Crippen LogP contribution in [0.25, 0.3) is 0 Å². The molecule has 2 N–H and O–H groups in total. The summed E-state index contributed by atoms with van der Waals surface area (Å²) < 4.78 is 28.1. The summed E-state index contributed by atoms with van der Waals surface area (Å²) >= 11 is 0. The maximum atomic E-state index is 11.4. The molecule has 0 saturated heterocycles. The van der Waals surface area contributed by atoms with Crippen molar-refractivity contribution in [2.75, 3.05) is 6.61 Å². The smallest absolute Gasteiger partial charge is 0.214 e. The maximum absolute atomic E-state index is 11.4. The molecular weight excluding hydrogens is 254 g/mol. The van der Waals surface area contributed by atoms with Gasteiger partial charge in [0.15, 0.2) is 5.84 Å². The molecule has 7 heteroatoms. The average molecular weight is 275 g/mol. The number of nitrogens with zero attached hydrogens (tertiary/aromatic N) is 2. The molecule has 6 nitrogen and oxygen atoms in total. The molecule has 0 aliphatic rings. The van der Waals surface area contributed by atoms with Crippen LogP contribution in [-0.2, 0) is 14.8 Å². The summed E-state index contributed by atoms with van der Waals surface area (Å²) in [6, 6.07) is 0. The van der Waals surface area contributed by atoms with Crippen molar-refractivity contribution in [3.63, 3.8) is 0 Å². The first-order chi connectivity index (χ1) is 8.23. The molecule has 104 valence electrons. The van der Waals surface area contributed by atoms with E-state index >= 15 is 0 Å². The molecule has 0 radical (unpaired) electrons. The van der Waals surface area contributed by atoms with Crippen molar-refractivity contribution in [2.45, 2.75) is 39.0 Å². The van der Waals surface area contributed by atoms with Gasteiger partial charge in [-0.25, -0.2) is 23.5 Å². The van der Waals surface area contributed by atoms with Crippen LogP contribution < -0.4 is 5.14 Å². The third-order valence-electron chi connectivity index (χ3n) is 2.16. The second-order valence-corrected chi connectivity index (χ2v) is 5.94. The molecule has 0 spiro atoms. The molecule has 0 aliphatic carbocycles. The lowest BCUT2D eigenvalue weighted by Crippen LogP contribution is -2.42. The SMILES string of the molecule is C=N/C(=N\C=C(C)C)[C@@H](OCC)[C@H](C)S(N)(=O)=O. The molecule has 0 rings (SSSR count). The van der Waals surface area contributed by atoms with E-state index in [1.807, 2.05) is 13.8 Å². The Morgan fingerprint density at radius 2 is 2.06 bits per heavy atom. The molecule has 0 fully saturated rings. The third kappa shape index (κ3) is 5.52. The van der Waals surface area contributed by atoms with Crippen LogP contribution in [0.4, 0.5) is 0 Å². The topological polar surface area (TPSA) is 94.1 Å². The minimum Gasteiger partial charge on any atom is -0.369 e. The summed E-state index contributed by atoms with van der Waals surface area (Å²) in [5.74, 6) is 0.208. The lowest BCUT2D eigenvalue weighted by Gasteiger charge is -2.21. The Hall–Kier alpha value is -1.05. The van der Waals surface area contributed by atoms with Crippen molar-refractivity contribution in [1.29, 1.82) is 0 Å². The van der Waals surface area contributed by atoms with Crippen LogP contribution >= 0.6 is 0 Å². The number of rotatable bonds is 6. The largest absolute Gasteiger partial charge is 0.369 e. The Kier molecular flexibility index (Phi) is 6.97. The summed E-state index contributed by atoms with van der Waals surface area (Å²) in [6.45, 7) is 10.6. The standard InChI is InChI=1S/C11H21N3O3S/c1-6-17-10(9(4)18(12,15)16)11(13-5)14-7-8(2)3/h7,9-10H,5-6H2,1-4H3,(H2,12,15,16)/b14-11-/t9-,10-/m0/s1. The highest BCUT2D eigenvalue weighted by atomic mass is 32.2. The number of primary sulfonamides is 1.